The van der Waals surface area contributed by atoms with Crippen LogP contribution in [0.5, 0.6) is 0 Å². The molecule has 0 spiro atoms. The summed E-state index contributed by atoms with van der Waals surface area (Å²) in [4.78, 5) is 11.8. The lowest BCUT2D eigenvalue weighted by atomic mass is 10.1. The van der Waals surface area contributed by atoms with E-state index in [1.54, 1.807) is 11.3 Å². The molecule has 2 aromatic rings. The van der Waals surface area contributed by atoms with Crippen LogP contribution in [0.4, 0.5) is 5.82 Å². The molecular formula is C13H16ClN3O2S. The van der Waals surface area contributed by atoms with Crippen LogP contribution in [0, 0.1) is 0 Å². The van der Waals surface area contributed by atoms with Gasteiger partial charge in [-0.15, -0.1) is 11.3 Å². The van der Waals surface area contributed by atoms with Gasteiger partial charge in [0.1, 0.15) is 10.6 Å². The summed E-state index contributed by atoms with van der Waals surface area (Å²) in [6.07, 6.45) is 2.11. The van der Waals surface area contributed by atoms with Crippen molar-refractivity contribution in [1.82, 2.24) is 9.97 Å². The van der Waals surface area contributed by atoms with Crippen molar-refractivity contribution in [2.75, 3.05) is 31.2 Å². The molecule has 20 heavy (non-hydrogen) atoms. The minimum atomic E-state index is 0.0806. The highest BCUT2D eigenvalue weighted by Crippen LogP contribution is 2.30. The van der Waals surface area contributed by atoms with Crippen LogP contribution in [0.1, 0.15) is 12.8 Å². The zero-order chi connectivity index (χ0) is 13.9. The second-order valence-corrected chi connectivity index (χ2v) is 5.97. The van der Waals surface area contributed by atoms with E-state index in [0.717, 1.165) is 42.0 Å². The van der Waals surface area contributed by atoms with Crippen molar-refractivity contribution in [1.29, 1.82) is 0 Å². The van der Waals surface area contributed by atoms with Gasteiger partial charge in [0.25, 0.3) is 0 Å². The quantitative estimate of drug-likeness (QED) is 0.878. The molecule has 0 amide bonds. The van der Waals surface area contributed by atoms with Gasteiger partial charge < -0.3 is 14.7 Å². The maximum atomic E-state index is 8.79. The fourth-order valence-electron chi connectivity index (χ4n) is 2.51. The molecule has 0 aliphatic carbocycles. The Hall–Kier alpha value is -0.950. The first-order valence-electron chi connectivity index (χ1n) is 6.66. The zero-order valence-corrected chi connectivity index (χ0v) is 12.5. The summed E-state index contributed by atoms with van der Waals surface area (Å²) in [7, 11) is 0. The molecule has 1 saturated heterocycles. The van der Waals surface area contributed by atoms with Crippen molar-refractivity contribution in [3.8, 4) is 0 Å². The number of halogens is 1. The molecular weight excluding hydrogens is 298 g/mol. The Kier molecular flexibility index (Phi) is 4.35. The Morgan fingerprint density at radius 3 is 2.95 bits per heavy atom. The topological polar surface area (TPSA) is 58.5 Å². The van der Waals surface area contributed by atoms with Crippen molar-refractivity contribution < 1.29 is 9.84 Å². The molecule has 2 aromatic heterocycles. The van der Waals surface area contributed by atoms with E-state index in [-0.39, 0.29) is 12.7 Å². The highest BCUT2D eigenvalue weighted by molar-refractivity contribution is 7.16. The number of hydrogen-bond acceptors (Lipinski definition) is 6. The lowest BCUT2D eigenvalue weighted by Crippen LogP contribution is -2.38. The van der Waals surface area contributed by atoms with Crippen LogP contribution in [0.3, 0.4) is 0 Å². The first kappa shape index (κ1) is 14.0. The first-order chi connectivity index (χ1) is 9.78. The molecule has 7 heteroatoms. The summed E-state index contributed by atoms with van der Waals surface area (Å²) in [5.41, 5.74) is 0. The van der Waals surface area contributed by atoms with Crippen LogP contribution < -0.4 is 4.90 Å². The van der Waals surface area contributed by atoms with E-state index in [9.17, 15) is 0 Å². The summed E-state index contributed by atoms with van der Waals surface area (Å²) in [5.74, 6) is 0.918. The predicted molar refractivity (Wildman–Crippen MR) is 80.7 cm³/mol. The van der Waals surface area contributed by atoms with E-state index in [1.807, 2.05) is 11.4 Å². The van der Waals surface area contributed by atoms with E-state index < -0.39 is 0 Å². The van der Waals surface area contributed by atoms with Crippen molar-refractivity contribution in [3.05, 3.63) is 16.7 Å². The molecule has 1 aliphatic heterocycles. The summed E-state index contributed by atoms with van der Waals surface area (Å²) in [6, 6.07) is 2.04. The fourth-order valence-corrected chi connectivity index (χ4v) is 3.48. The largest absolute Gasteiger partial charge is 0.394 e. The van der Waals surface area contributed by atoms with Crippen LogP contribution in [-0.4, -0.2) is 47.5 Å². The third kappa shape index (κ3) is 2.88. The maximum absolute atomic E-state index is 8.79. The maximum Gasteiger partial charge on any atom is 0.225 e. The highest BCUT2D eigenvalue weighted by atomic mass is 35.5. The molecule has 3 heterocycles. The SMILES string of the molecule is OCCOC1CCN(c2nc(Cl)nc3sccc23)CC1. The number of thiophene rings is 1. The summed E-state index contributed by atoms with van der Waals surface area (Å²) >= 11 is 7.58. The smallest absolute Gasteiger partial charge is 0.225 e. The number of hydrogen-bond donors (Lipinski definition) is 1. The zero-order valence-electron chi connectivity index (χ0n) is 11.0. The molecule has 1 fully saturated rings. The Labute approximate surface area is 126 Å². The van der Waals surface area contributed by atoms with E-state index in [4.69, 9.17) is 21.4 Å². The van der Waals surface area contributed by atoms with Gasteiger partial charge in [-0.25, -0.2) is 4.98 Å². The Balaban J connectivity index is 1.75. The molecule has 0 saturated carbocycles. The van der Waals surface area contributed by atoms with Crippen LogP contribution in [0.25, 0.3) is 10.2 Å². The summed E-state index contributed by atoms with van der Waals surface area (Å²) in [6.45, 7) is 2.26. The van der Waals surface area contributed by atoms with Gasteiger partial charge in [-0.3, -0.25) is 0 Å². The Morgan fingerprint density at radius 2 is 2.20 bits per heavy atom. The first-order valence-corrected chi connectivity index (χ1v) is 7.92. The Bertz CT molecular complexity index is 584. The average Bonchev–Trinajstić information content (AvgIpc) is 2.93. The van der Waals surface area contributed by atoms with Gasteiger partial charge in [0, 0.05) is 13.1 Å². The number of aliphatic hydroxyl groups is 1. The van der Waals surface area contributed by atoms with Gasteiger partial charge in [0.2, 0.25) is 5.28 Å². The van der Waals surface area contributed by atoms with Gasteiger partial charge in [0.05, 0.1) is 24.7 Å². The molecule has 1 aliphatic rings. The molecule has 108 valence electrons. The number of aromatic nitrogens is 2. The molecule has 0 unspecified atom stereocenters. The van der Waals surface area contributed by atoms with Gasteiger partial charge in [-0.1, -0.05) is 0 Å². The van der Waals surface area contributed by atoms with Gasteiger partial charge in [-0.2, -0.15) is 4.98 Å². The molecule has 0 bridgehead atoms. The lowest BCUT2D eigenvalue weighted by molar-refractivity contribution is 0.0158. The second-order valence-electron chi connectivity index (χ2n) is 4.74. The predicted octanol–water partition coefficient (Wildman–Crippen LogP) is 2.32. The highest BCUT2D eigenvalue weighted by Gasteiger charge is 2.22. The minimum absolute atomic E-state index is 0.0806. The summed E-state index contributed by atoms with van der Waals surface area (Å²) < 4.78 is 5.58. The number of rotatable bonds is 4. The number of nitrogens with zero attached hydrogens (tertiary/aromatic N) is 3. The number of anilines is 1. The van der Waals surface area contributed by atoms with Gasteiger partial charge in [-0.05, 0) is 35.9 Å². The van der Waals surface area contributed by atoms with E-state index in [0.29, 0.717) is 11.9 Å². The van der Waals surface area contributed by atoms with Gasteiger partial charge >= 0.3 is 0 Å². The van der Waals surface area contributed by atoms with Crippen LogP contribution in [0.2, 0.25) is 5.28 Å². The van der Waals surface area contributed by atoms with Crippen molar-refractivity contribution >= 4 is 39.0 Å². The second kappa shape index (κ2) is 6.22. The van der Waals surface area contributed by atoms with Crippen molar-refractivity contribution in [3.63, 3.8) is 0 Å². The normalized spacial score (nSPS) is 17.0. The Morgan fingerprint density at radius 1 is 1.40 bits per heavy atom. The van der Waals surface area contributed by atoms with Crippen LogP contribution in [-0.2, 0) is 4.74 Å². The number of piperidine rings is 1. The van der Waals surface area contributed by atoms with Crippen molar-refractivity contribution in [2.45, 2.75) is 18.9 Å². The van der Waals surface area contributed by atoms with Crippen LogP contribution >= 0.6 is 22.9 Å². The average molecular weight is 314 g/mol. The molecule has 0 radical (unpaired) electrons. The standard InChI is InChI=1S/C13H16ClN3O2S/c14-13-15-11(10-3-8-20-12(10)16-13)17-4-1-9(2-5-17)19-7-6-18/h3,8-9,18H,1-2,4-7H2. The van der Waals surface area contributed by atoms with Gasteiger partial charge in [0.15, 0.2) is 0 Å². The van der Waals surface area contributed by atoms with E-state index in [2.05, 4.69) is 14.9 Å². The van der Waals surface area contributed by atoms with Crippen molar-refractivity contribution in [2.24, 2.45) is 0 Å². The van der Waals surface area contributed by atoms with E-state index >= 15 is 0 Å². The number of aliphatic hydroxyl groups excluding tert-OH is 1. The third-order valence-electron chi connectivity index (χ3n) is 3.46. The number of ether oxygens (including phenoxy) is 1. The monoisotopic (exact) mass is 313 g/mol. The third-order valence-corrected chi connectivity index (χ3v) is 4.44. The molecule has 0 atom stereocenters. The molecule has 5 nitrogen and oxygen atoms in total. The minimum Gasteiger partial charge on any atom is -0.394 e. The molecule has 3 rings (SSSR count). The molecule has 0 aromatic carbocycles. The summed E-state index contributed by atoms with van der Waals surface area (Å²) in [5, 5.41) is 12.2. The van der Waals surface area contributed by atoms with Crippen LogP contribution in [0.15, 0.2) is 11.4 Å². The van der Waals surface area contributed by atoms with E-state index in [1.165, 1.54) is 0 Å². The lowest BCUT2D eigenvalue weighted by Gasteiger charge is -2.32. The molecule has 1 N–H and O–H groups in total. The number of fused-ring (bicyclic) bond motifs is 1. The fraction of sp³-hybridized carbons (Fsp3) is 0.538.